The van der Waals surface area contributed by atoms with E-state index in [2.05, 4.69) is 24.1 Å². The van der Waals surface area contributed by atoms with Gasteiger partial charge in [0.2, 0.25) is 0 Å². The van der Waals surface area contributed by atoms with Crippen LogP contribution in [-0.2, 0) is 14.3 Å². The van der Waals surface area contributed by atoms with Crippen LogP contribution in [0.5, 0.6) is 0 Å². The van der Waals surface area contributed by atoms with Crippen LogP contribution in [0.15, 0.2) is 0 Å². The zero-order valence-corrected chi connectivity index (χ0v) is 31.9. The van der Waals surface area contributed by atoms with Crippen molar-refractivity contribution in [1.29, 1.82) is 0 Å². The molecule has 0 aromatic carbocycles. The van der Waals surface area contributed by atoms with Gasteiger partial charge in [-0.1, -0.05) is 117 Å². The molecule has 0 atom stereocenters. The zero-order chi connectivity index (χ0) is 33.9. The summed E-state index contributed by atoms with van der Waals surface area (Å²) in [6.45, 7) is 8.83. The first kappa shape index (κ1) is 44.8. The summed E-state index contributed by atoms with van der Waals surface area (Å²) in [4.78, 5) is 27.8. The normalized spacial score (nSPS) is 11.3. The van der Waals surface area contributed by atoms with Crippen molar-refractivity contribution in [2.45, 2.75) is 193 Å². The van der Waals surface area contributed by atoms with Gasteiger partial charge in [-0.15, -0.1) is 0 Å². The minimum Gasteiger partial charge on any atom is -0.462 e. The first-order valence-electron chi connectivity index (χ1n) is 19.7. The highest BCUT2D eigenvalue weighted by Gasteiger charge is 2.14. The first-order chi connectivity index (χ1) is 22.4. The molecule has 0 unspecified atom stereocenters. The first-order valence-corrected chi connectivity index (χ1v) is 20.2. The van der Waals surface area contributed by atoms with Gasteiger partial charge in [-0.2, -0.15) is 0 Å². The van der Waals surface area contributed by atoms with Gasteiger partial charge in [0, 0.05) is 33.5 Å². The number of hydrogen-bond donors (Lipinski definition) is 1. The van der Waals surface area contributed by atoms with Crippen LogP contribution >= 0.6 is 12.2 Å². The topological polar surface area (TPSA) is 61.9 Å². The lowest BCUT2D eigenvalue weighted by Crippen LogP contribution is -2.36. The Morgan fingerprint density at radius 1 is 0.652 bits per heavy atom. The van der Waals surface area contributed by atoms with Crippen molar-refractivity contribution in [2.75, 3.05) is 40.3 Å². The van der Waals surface area contributed by atoms with Crippen LogP contribution in [-0.4, -0.2) is 73.5 Å². The molecule has 0 aromatic rings. The van der Waals surface area contributed by atoms with E-state index in [9.17, 15) is 9.59 Å². The Kier molecular flexibility index (Phi) is 34.2. The number of aldehydes is 1. The van der Waals surface area contributed by atoms with Crippen LogP contribution in [0.25, 0.3) is 0 Å². The van der Waals surface area contributed by atoms with E-state index < -0.39 is 0 Å². The molecule has 0 bridgehead atoms. The van der Waals surface area contributed by atoms with Crippen molar-refractivity contribution in [1.82, 2.24) is 15.1 Å². The lowest BCUT2D eigenvalue weighted by molar-refractivity contribution is -0.150. The Balaban J connectivity index is 4.33. The van der Waals surface area contributed by atoms with Crippen molar-refractivity contribution in [3.8, 4) is 0 Å². The molecule has 0 amide bonds. The third-order valence-corrected chi connectivity index (χ3v) is 9.55. The molecule has 0 heterocycles. The van der Waals surface area contributed by atoms with Gasteiger partial charge in [0.05, 0.1) is 0 Å². The maximum Gasteiger partial charge on any atom is 0.306 e. The molecule has 46 heavy (non-hydrogen) atoms. The SMILES string of the molecule is CCCCCCCCC(CCCCCCCC)OC(=O)CCCCCCCN(CCCCCCCC=O)CCCNC(=S)N(C)C. The molecule has 7 heteroatoms. The number of hydrogen-bond acceptors (Lipinski definition) is 5. The van der Waals surface area contributed by atoms with Gasteiger partial charge in [-0.25, -0.2) is 0 Å². The summed E-state index contributed by atoms with van der Waals surface area (Å²) in [5.74, 6) is 0.0293. The Labute approximate surface area is 291 Å². The molecule has 0 aliphatic carbocycles. The molecule has 0 saturated carbocycles. The highest BCUT2D eigenvalue weighted by molar-refractivity contribution is 7.80. The summed E-state index contributed by atoms with van der Waals surface area (Å²) in [7, 11) is 3.95. The molecule has 0 spiro atoms. The monoisotopic (exact) mass is 668 g/mol. The van der Waals surface area contributed by atoms with E-state index in [0.717, 1.165) is 82.5 Å². The van der Waals surface area contributed by atoms with Gasteiger partial charge < -0.3 is 24.6 Å². The van der Waals surface area contributed by atoms with Gasteiger partial charge in [0.1, 0.15) is 12.4 Å². The molecular weight excluding hydrogens is 591 g/mol. The predicted molar refractivity (Wildman–Crippen MR) is 203 cm³/mol. The average molecular weight is 668 g/mol. The van der Waals surface area contributed by atoms with Crippen molar-refractivity contribution < 1.29 is 14.3 Å². The largest absolute Gasteiger partial charge is 0.462 e. The Morgan fingerprint density at radius 3 is 1.63 bits per heavy atom. The maximum absolute atomic E-state index is 12.7. The molecule has 0 aliphatic rings. The quantitative estimate of drug-likeness (QED) is 0.0312. The fourth-order valence-corrected chi connectivity index (χ4v) is 6.13. The third kappa shape index (κ3) is 31.4. The van der Waals surface area contributed by atoms with E-state index in [1.807, 2.05) is 19.0 Å². The molecule has 1 N–H and O–H groups in total. The zero-order valence-electron chi connectivity index (χ0n) is 31.1. The molecule has 272 valence electrons. The van der Waals surface area contributed by atoms with Crippen LogP contribution in [0.3, 0.4) is 0 Å². The highest BCUT2D eigenvalue weighted by Crippen LogP contribution is 2.18. The highest BCUT2D eigenvalue weighted by atomic mass is 32.1. The summed E-state index contributed by atoms with van der Waals surface area (Å²) >= 11 is 5.36. The number of thiocarbonyl (C=S) groups is 1. The molecule has 0 saturated heterocycles. The maximum atomic E-state index is 12.7. The van der Waals surface area contributed by atoms with Crippen LogP contribution in [0.4, 0.5) is 0 Å². The lowest BCUT2D eigenvalue weighted by Gasteiger charge is -2.23. The molecule has 6 nitrogen and oxygen atoms in total. The number of carbonyl (C=O) groups is 2. The van der Waals surface area contributed by atoms with E-state index in [4.69, 9.17) is 17.0 Å². The van der Waals surface area contributed by atoms with Crippen molar-refractivity contribution in [3.05, 3.63) is 0 Å². The number of nitrogens with zero attached hydrogens (tertiary/aromatic N) is 2. The van der Waals surface area contributed by atoms with Gasteiger partial charge in [0.15, 0.2) is 5.11 Å². The second-order valence-corrected chi connectivity index (χ2v) is 14.2. The second kappa shape index (κ2) is 35.1. The number of esters is 1. The molecule has 0 aliphatic heterocycles. The summed E-state index contributed by atoms with van der Waals surface area (Å²) < 4.78 is 6.04. The number of carbonyl (C=O) groups excluding carboxylic acids is 2. The van der Waals surface area contributed by atoms with E-state index in [1.54, 1.807) is 0 Å². The molecular formula is C39H77N3O3S. The summed E-state index contributed by atoms with van der Waals surface area (Å²) in [6.07, 6.45) is 32.7. The van der Waals surface area contributed by atoms with E-state index in [0.29, 0.717) is 12.8 Å². The fourth-order valence-electron chi connectivity index (χ4n) is 6.03. The Morgan fingerprint density at radius 2 is 1.11 bits per heavy atom. The summed E-state index contributed by atoms with van der Waals surface area (Å²) in [5.41, 5.74) is 0. The van der Waals surface area contributed by atoms with Gasteiger partial charge in [-0.3, -0.25) is 4.79 Å². The Hall–Kier alpha value is -1.21. The fraction of sp³-hybridized carbons (Fsp3) is 0.923. The van der Waals surface area contributed by atoms with E-state index in [-0.39, 0.29) is 12.1 Å². The lowest BCUT2D eigenvalue weighted by atomic mass is 10.0. The number of unbranched alkanes of at least 4 members (excludes halogenated alkanes) is 19. The van der Waals surface area contributed by atoms with Crippen LogP contribution in [0.2, 0.25) is 0 Å². The predicted octanol–water partition coefficient (Wildman–Crippen LogP) is 10.4. The molecule has 0 aromatic heterocycles. The molecule has 0 radical (unpaired) electrons. The van der Waals surface area contributed by atoms with Gasteiger partial charge in [-0.05, 0) is 89.6 Å². The number of rotatable bonds is 35. The van der Waals surface area contributed by atoms with E-state index >= 15 is 0 Å². The van der Waals surface area contributed by atoms with Crippen molar-refractivity contribution in [2.24, 2.45) is 0 Å². The van der Waals surface area contributed by atoms with Crippen LogP contribution < -0.4 is 5.32 Å². The van der Waals surface area contributed by atoms with Crippen LogP contribution in [0.1, 0.15) is 187 Å². The van der Waals surface area contributed by atoms with Crippen LogP contribution in [0, 0.1) is 0 Å². The standard InChI is InChI=1S/C39H77N3O3S/c1-5-7-9-11-16-22-29-37(30-23-17-12-10-8-6-2)45-38(44)31-24-18-15-20-26-34-42(33-25-19-13-14-21-27-36-43)35-28-32-40-39(46)41(3)4/h36-37H,5-35H2,1-4H3,(H,40,46). The molecule has 0 fully saturated rings. The number of ether oxygens (including phenoxy) is 1. The summed E-state index contributed by atoms with van der Waals surface area (Å²) in [5, 5.41) is 4.15. The Bertz CT molecular complexity index is 675. The average Bonchev–Trinajstić information content (AvgIpc) is 3.04. The van der Waals surface area contributed by atoms with Crippen molar-refractivity contribution >= 4 is 29.6 Å². The third-order valence-electron chi connectivity index (χ3n) is 9.04. The minimum absolute atomic E-state index is 0.0293. The second-order valence-electron chi connectivity index (χ2n) is 13.8. The molecule has 0 rings (SSSR count). The van der Waals surface area contributed by atoms with Gasteiger partial charge in [0.25, 0.3) is 0 Å². The van der Waals surface area contributed by atoms with Crippen molar-refractivity contribution in [3.63, 3.8) is 0 Å². The number of nitrogens with one attached hydrogen (secondary N) is 1. The smallest absolute Gasteiger partial charge is 0.306 e. The minimum atomic E-state index is 0.0293. The summed E-state index contributed by atoms with van der Waals surface area (Å²) in [6, 6.07) is 0. The van der Waals surface area contributed by atoms with E-state index in [1.165, 1.54) is 116 Å². The van der Waals surface area contributed by atoms with Gasteiger partial charge >= 0.3 is 5.97 Å².